The monoisotopic (exact) mass is 158 g/mol. The molecule has 0 heterocycles. The predicted octanol–water partition coefficient (Wildman–Crippen LogP) is -0.581. The highest BCUT2D eigenvalue weighted by atomic mass is 16.4. The molecule has 0 atom stereocenters. The Hall–Kier alpha value is -1.62. The smallest absolute Gasteiger partial charge is 0.328 e. The van der Waals surface area contributed by atoms with Crippen LogP contribution in [0.5, 0.6) is 0 Å². The lowest BCUT2D eigenvalue weighted by Crippen LogP contribution is -2.28. The number of hydrogen-bond acceptors (Lipinski definition) is 3. The third kappa shape index (κ3) is 11.8. The molecular weight excluding hydrogens is 148 g/mol. The topological polar surface area (TPSA) is 92.4 Å². The van der Waals surface area contributed by atoms with Gasteiger partial charge in [-0.05, 0) is 0 Å². The first-order chi connectivity index (χ1) is 5.16. The summed E-state index contributed by atoms with van der Waals surface area (Å²) in [6.45, 7) is 6.00. The molecule has 0 aliphatic carbocycles. The fourth-order valence-corrected chi connectivity index (χ4v) is 0.195. The Morgan fingerprint density at radius 2 is 1.82 bits per heavy atom. The highest BCUT2D eigenvalue weighted by molar-refractivity contribution is 5.93. The summed E-state index contributed by atoms with van der Waals surface area (Å²) in [4.78, 5) is 19.8. The predicted molar refractivity (Wildman–Crippen MR) is 40.4 cm³/mol. The van der Waals surface area contributed by atoms with E-state index in [4.69, 9.17) is 5.11 Å². The van der Waals surface area contributed by atoms with Crippen LogP contribution in [0.25, 0.3) is 0 Å². The van der Waals surface area contributed by atoms with Crippen molar-refractivity contribution >= 4 is 11.9 Å². The van der Waals surface area contributed by atoms with Gasteiger partial charge in [0.2, 0.25) is 0 Å². The molecule has 0 aromatic rings. The van der Waals surface area contributed by atoms with E-state index >= 15 is 0 Å². The van der Waals surface area contributed by atoms with Gasteiger partial charge in [0.05, 0.1) is 0 Å². The fourth-order valence-electron chi connectivity index (χ4n) is 0.195. The van der Waals surface area contributed by atoms with Crippen LogP contribution in [0.15, 0.2) is 25.3 Å². The Labute approximate surface area is 64.2 Å². The third-order valence-corrected chi connectivity index (χ3v) is 0.520. The van der Waals surface area contributed by atoms with E-state index in [2.05, 4.69) is 19.0 Å². The number of nitrogens with two attached hydrogens (primary N) is 1. The highest BCUT2D eigenvalue weighted by Gasteiger charge is 1.90. The molecule has 5 heteroatoms. The average molecular weight is 158 g/mol. The molecule has 0 aliphatic heterocycles. The van der Waals surface area contributed by atoms with Gasteiger partial charge in [-0.15, -0.1) is 13.2 Å². The summed E-state index contributed by atoms with van der Waals surface area (Å²) < 4.78 is 0. The normalized spacial score (nSPS) is 8.09. The number of hydrogen-bond donors (Lipinski definition) is 3. The minimum atomic E-state index is -1.18. The largest absolute Gasteiger partial charge is 0.478 e. The van der Waals surface area contributed by atoms with E-state index in [1.54, 1.807) is 5.43 Å². The summed E-state index contributed by atoms with van der Waals surface area (Å²) >= 11 is 0. The van der Waals surface area contributed by atoms with E-state index in [1.165, 1.54) is 0 Å². The molecule has 62 valence electrons. The lowest BCUT2D eigenvalue weighted by atomic mass is 10.5. The molecule has 0 rings (SSSR count). The molecular formula is C6H10N2O3. The van der Waals surface area contributed by atoms with Gasteiger partial charge in [-0.25, -0.2) is 10.6 Å². The van der Waals surface area contributed by atoms with Crippen molar-refractivity contribution in [2.75, 3.05) is 0 Å². The SMILES string of the molecule is C=C.NNC(=O)/C=C\C(=O)O. The maximum atomic E-state index is 10.1. The molecule has 0 fully saturated rings. The number of nitrogens with one attached hydrogen (secondary N) is 1. The molecule has 0 spiro atoms. The molecule has 0 aromatic carbocycles. The van der Waals surface area contributed by atoms with Gasteiger partial charge in [-0.2, -0.15) is 0 Å². The van der Waals surface area contributed by atoms with Crippen LogP contribution in [-0.4, -0.2) is 17.0 Å². The Kier molecular flexibility index (Phi) is 9.21. The Morgan fingerprint density at radius 1 is 1.36 bits per heavy atom. The summed E-state index contributed by atoms with van der Waals surface area (Å²) in [5, 5.41) is 7.95. The highest BCUT2D eigenvalue weighted by Crippen LogP contribution is 1.70. The number of carboxylic acids is 1. The van der Waals surface area contributed by atoms with E-state index in [9.17, 15) is 9.59 Å². The Bertz CT molecular complexity index is 165. The van der Waals surface area contributed by atoms with E-state index in [1.807, 2.05) is 0 Å². The summed E-state index contributed by atoms with van der Waals surface area (Å²) in [6, 6.07) is 0. The standard InChI is InChI=1S/C4H6N2O3.C2H4/c5-6-3(7)1-2-4(8)9;1-2/h1-2H,5H2,(H,6,7)(H,8,9);1-2H2/b2-1-;. The zero-order chi connectivity index (χ0) is 9.28. The van der Waals surface area contributed by atoms with E-state index in [0.29, 0.717) is 6.08 Å². The number of rotatable bonds is 2. The minimum Gasteiger partial charge on any atom is -0.478 e. The molecule has 11 heavy (non-hydrogen) atoms. The first-order valence-corrected chi connectivity index (χ1v) is 2.58. The van der Waals surface area contributed by atoms with Crippen LogP contribution in [0.2, 0.25) is 0 Å². The molecule has 0 radical (unpaired) electrons. The van der Waals surface area contributed by atoms with Gasteiger partial charge in [-0.3, -0.25) is 10.2 Å². The van der Waals surface area contributed by atoms with Gasteiger partial charge in [0.1, 0.15) is 0 Å². The fraction of sp³-hybridized carbons (Fsp3) is 0. The number of carbonyl (C=O) groups excluding carboxylic acids is 1. The molecule has 0 bridgehead atoms. The van der Waals surface area contributed by atoms with Crippen LogP contribution >= 0.6 is 0 Å². The van der Waals surface area contributed by atoms with Gasteiger partial charge in [0.15, 0.2) is 0 Å². The van der Waals surface area contributed by atoms with Crippen molar-refractivity contribution in [1.82, 2.24) is 5.43 Å². The molecule has 0 saturated carbocycles. The lowest BCUT2D eigenvalue weighted by molar-refractivity contribution is -0.131. The van der Waals surface area contributed by atoms with Gasteiger partial charge >= 0.3 is 5.97 Å². The molecule has 1 amide bonds. The van der Waals surface area contributed by atoms with Crippen molar-refractivity contribution in [2.24, 2.45) is 5.84 Å². The van der Waals surface area contributed by atoms with Crippen LogP contribution in [0.4, 0.5) is 0 Å². The van der Waals surface area contributed by atoms with Gasteiger partial charge in [0, 0.05) is 12.2 Å². The van der Waals surface area contributed by atoms with Gasteiger partial charge < -0.3 is 5.11 Å². The van der Waals surface area contributed by atoms with Crippen molar-refractivity contribution in [3.63, 3.8) is 0 Å². The van der Waals surface area contributed by atoms with Crippen LogP contribution in [0, 0.1) is 0 Å². The number of carboxylic acid groups (broad SMARTS) is 1. The van der Waals surface area contributed by atoms with Gasteiger partial charge in [-0.1, -0.05) is 0 Å². The van der Waals surface area contributed by atoms with Crippen LogP contribution in [0.3, 0.4) is 0 Å². The second-order valence-electron chi connectivity index (χ2n) is 1.18. The Morgan fingerprint density at radius 3 is 2.09 bits per heavy atom. The molecule has 5 nitrogen and oxygen atoms in total. The molecule has 0 unspecified atom stereocenters. The average Bonchev–Trinajstić information content (AvgIpc) is 2.04. The van der Waals surface area contributed by atoms with Crippen molar-refractivity contribution < 1.29 is 14.7 Å². The van der Waals surface area contributed by atoms with Crippen molar-refractivity contribution in [3.05, 3.63) is 25.3 Å². The number of hydrazine groups is 1. The second kappa shape index (κ2) is 8.38. The Balaban J connectivity index is 0. The van der Waals surface area contributed by atoms with E-state index in [-0.39, 0.29) is 0 Å². The van der Waals surface area contributed by atoms with Crippen LogP contribution in [0.1, 0.15) is 0 Å². The number of amides is 1. The summed E-state index contributed by atoms with van der Waals surface area (Å²) in [5.41, 5.74) is 1.73. The molecule has 0 aliphatic rings. The van der Waals surface area contributed by atoms with Crippen molar-refractivity contribution in [2.45, 2.75) is 0 Å². The number of carbonyl (C=O) groups is 2. The summed E-state index contributed by atoms with van der Waals surface area (Å²) in [5.74, 6) is 2.79. The molecule has 0 aromatic heterocycles. The second-order valence-corrected chi connectivity index (χ2v) is 1.18. The minimum absolute atomic E-state index is 0.641. The number of aliphatic carboxylic acids is 1. The quantitative estimate of drug-likeness (QED) is 0.165. The van der Waals surface area contributed by atoms with Crippen molar-refractivity contribution in [3.8, 4) is 0 Å². The molecule has 0 saturated heterocycles. The zero-order valence-corrected chi connectivity index (χ0v) is 5.91. The summed E-state index contributed by atoms with van der Waals surface area (Å²) in [7, 11) is 0. The van der Waals surface area contributed by atoms with Crippen LogP contribution < -0.4 is 11.3 Å². The molecule has 4 N–H and O–H groups in total. The lowest BCUT2D eigenvalue weighted by Gasteiger charge is -1.85. The summed E-state index contributed by atoms with van der Waals surface area (Å²) in [6.07, 6.45) is 1.52. The maximum absolute atomic E-state index is 10.1. The first-order valence-electron chi connectivity index (χ1n) is 2.58. The third-order valence-electron chi connectivity index (χ3n) is 0.520. The first kappa shape index (κ1) is 12.1. The van der Waals surface area contributed by atoms with Gasteiger partial charge in [0.25, 0.3) is 5.91 Å². The van der Waals surface area contributed by atoms with Crippen molar-refractivity contribution in [1.29, 1.82) is 0 Å². The van der Waals surface area contributed by atoms with E-state index in [0.717, 1.165) is 6.08 Å². The maximum Gasteiger partial charge on any atom is 0.328 e. The van der Waals surface area contributed by atoms with E-state index < -0.39 is 11.9 Å². The zero-order valence-electron chi connectivity index (χ0n) is 5.91. The van der Waals surface area contributed by atoms with Crippen LogP contribution in [-0.2, 0) is 9.59 Å².